The number of carbonyl (C=O) groups excluding carboxylic acids is 2. The van der Waals surface area contributed by atoms with Gasteiger partial charge >= 0.3 is 0 Å². The molecule has 0 aliphatic carbocycles. The molecule has 0 saturated carbocycles. The quantitative estimate of drug-likeness (QED) is 0.716. The Labute approximate surface area is 158 Å². The first-order valence-electron chi connectivity index (χ1n) is 8.27. The second-order valence-electron chi connectivity index (χ2n) is 6.03. The first-order valence-corrected chi connectivity index (χ1v) is 10.3. The van der Waals surface area contributed by atoms with Gasteiger partial charge in [0, 0.05) is 17.5 Å². The van der Waals surface area contributed by atoms with E-state index in [1.54, 1.807) is 54.6 Å². The van der Waals surface area contributed by atoms with Crippen molar-refractivity contribution in [1.82, 2.24) is 5.32 Å². The molecule has 2 rings (SSSR count). The van der Waals surface area contributed by atoms with Gasteiger partial charge in [0.2, 0.25) is 5.91 Å². The standard InChI is InChI=1S/C19H22N2O5S/c1-26-16-10-8-15(9-11-16)20-19(23)17(12-13-27(2,24)25)21-18(22)14-6-4-3-5-7-14/h3-11,17H,12-13H2,1-2H3,(H,20,23)(H,21,22)/t17-/m0/s1. The molecule has 0 unspecified atom stereocenters. The maximum atomic E-state index is 12.6. The van der Waals surface area contributed by atoms with Gasteiger partial charge in [-0.25, -0.2) is 8.42 Å². The molecule has 0 fully saturated rings. The van der Waals surface area contributed by atoms with E-state index < -0.39 is 27.7 Å². The van der Waals surface area contributed by atoms with Gasteiger partial charge in [-0.05, 0) is 42.8 Å². The molecule has 0 aliphatic heterocycles. The highest BCUT2D eigenvalue weighted by Gasteiger charge is 2.23. The van der Waals surface area contributed by atoms with Crippen molar-refractivity contribution in [2.24, 2.45) is 0 Å². The molecule has 0 heterocycles. The van der Waals surface area contributed by atoms with Gasteiger partial charge in [0.05, 0.1) is 12.9 Å². The van der Waals surface area contributed by atoms with E-state index in [1.807, 2.05) is 0 Å². The van der Waals surface area contributed by atoms with Crippen molar-refractivity contribution in [3.63, 3.8) is 0 Å². The van der Waals surface area contributed by atoms with Crippen LogP contribution in [0.5, 0.6) is 5.75 Å². The summed E-state index contributed by atoms with van der Waals surface area (Å²) in [6.45, 7) is 0. The van der Waals surface area contributed by atoms with Crippen LogP contribution in [0.15, 0.2) is 54.6 Å². The molecule has 0 saturated heterocycles. The highest BCUT2D eigenvalue weighted by molar-refractivity contribution is 7.90. The number of carbonyl (C=O) groups is 2. The summed E-state index contributed by atoms with van der Waals surface area (Å²) in [7, 11) is -1.75. The van der Waals surface area contributed by atoms with Crippen LogP contribution >= 0.6 is 0 Å². The van der Waals surface area contributed by atoms with E-state index in [4.69, 9.17) is 4.74 Å². The number of benzene rings is 2. The SMILES string of the molecule is COc1ccc(NC(=O)[C@H](CCS(C)(=O)=O)NC(=O)c2ccccc2)cc1. The zero-order valence-corrected chi connectivity index (χ0v) is 16.0. The minimum atomic E-state index is -3.28. The third-order valence-electron chi connectivity index (χ3n) is 3.79. The van der Waals surface area contributed by atoms with Crippen LogP contribution in [0, 0.1) is 0 Å². The number of nitrogens with one attached hydrogen (secondary N) is 2. The predicted molar refractivity (Wildman–Crippen MR) is 104 cm³/mol. The summed E-state index contributed by atoms with van der Waals surface area (Å²) in [4.78, 5) is 25.0. The van der Waals surface area contributed by atoms with E-state index in [9.17, 15) is 18.0 Å². The lowest BCUT2D eigenvalue weighted by Crippen LogP contribution is -2.44. The van der Waals surface area contributed by atoms with Crippen molar-refractivity contribution < 1.29 is 22.7 Å². The second-order valence-corrected chi connectivity index (χ2v) is 8.29. The van der Waals surface area contributed by atoms with E-state index in [0.29, 0.717) is 17.0 Å². The third kappa shape index (κ3) is 6.74. The molecule has 0 aliphatic rings. The molecule has 0 spiro atoms. The van der Waals surface area contributed by atoms with Gasteiger partial charge in [-0.1, -0.05) is 18.2 Å². The van der Waals surface area contributed by atoms with Gasteiger partial charge < -0.3 is 15.4 Å². The number of rotatable bonds is 8. The molecule has 144 valence electrons. The van der Waals surface area contributed by atoms with Gasteiger partial charge in [-0.2, -0.15) is 0 Å². The van der Waals surface area contributed by atoms with Crippen molar-refractivity contribution in [3.8, 4) is 5.75 Å². The Balaban J connectivity index is 2.12. The molecule has 2 N–H and O–H groups in total. The average molecular weight is 390 g/mol. The van der Waals surface area contributed by atoms with Gasteiger partial charge in [0.1, 0.15) is 21.6 Å². The van der Waals surface area contributed by atoms with Crippen molar-refractivity contribution in [2.75, 3.05) is 24.4 Å². The first kappa shape index (κ1) is 20.4. The Hall–Kier alpha value is -2.87. The highest BCUT2D eigenvalue weighted by Crippen LogP contribution is 2.15. The zero-order chi connectivity index (χ0) is 19.9. The van der Waals surface area contributed by atoms with Crippen LogP contribution < -0.4 is 15.4 Å². The average Bonchev–Trinajstić information content (AvgIpc) is 2.65. The van der Waals surface area contributed by atoms with Crippen molar-refractivity contribution in [3.05, 3.63) is 60.2 Å². The molecular weight excluding hydrogens is 368 g/mol. The number of hydrogen-bond donors (Lipinski definition) is 2. The minimum absolute atomic E-state index is 0.0284. The molecule has 8 heteroatoms. The van der Waals surface area contributed by atoms with E-state index in [0.717, 1.165) is 6.26 Å². The molecular formula is C19H22N2O5S. The zero-order valence-electron chi connectivity index (χ0n) is 15.1. The number of ether oxygens (including phenoxy) is 1. The van der Waals surface area contributed by atoms with Gasteiger partial charge in [0.25, 0.3) is 5.91 Å². The summed E-state index contributed by atoms with van der Waals surface area (Å²) >= 11 is 0. The van der Waals surface area contributed by atoms with Gasteiger partial charge in [0.15, 0.2) is 0 Å². The second kappa shape index (κ2) is 9.18. The lowest BCUT2D eigenvalue weighted by molar-refractivity contribution is -0.118. The molecule has 7 nitrogen and oxygen atoms in total. The molecule has 0 aromatic heterocycles. The largest absolute Gasteiger partial charge is 0.497 e. The lowest BCUT2D eigenvalue weighted by Gasteiger charge is -2.18. The van der Waals surface area contributed by atoms with Crippen LogP contribution in [0.1, 0.15) is 16.8 Å². The van der Waals surface area contributed by atoms with Crippen LogP contribution in [0.4, 0.5) is 5.69 Å². The topological polar surface area (TPSA) is 102 Å². The normalized spacial score (nSPS) is 12.1. The summed E-state index contributed by atoms with van der Waals surface area (Å²) in [5.74, 6) is -0.519. The molecule has 2 aromatic carbocycles. The van der Waals surface area contributed by atoms with Crippen molar-refractivity contribution in [1.29, 1.82) is 0 Å². The van der Waals surface area contributed by atoms with E-state index in [2.05, 4.69) is 10.6 Å². The molecule has 27 heavy (non-hydrogen) atoms. The molecule has 0 radical (unpaired) electrons. The van der Waals surface area contributed by atoms with E-state index in [1.165, 1.54) is 7.11 Å². The lowest BCUT2D eigenvalue weighted by atomic mass is 10.1. The Morgan fingerprint density at radius 3 is 2.22 bits per heavy atom. The summed E-state index contributed by atoms with van der Waals surface area (Å²) in [5, 5.41) is 5.29. The number of amides is 2. The molecule has 1 atom stereocenters. The van der Waals surface area contributed by atoms with Crippen LogP contribution in [-0.4, -0.2) is 45.4 Å². The Morgan fingerprint density at radius 1 is 1.04 bits per heavy atom. The summed E-state index contributed by atoms with van der Waals surface area (Å²) in [6.07, 6.45) is 1.06. The van der Waals surface area contributed by atoms with Gasteiger partial charge in [-0.15, -0.1) is 0 Å². The fraction of sp³-hybridized carbons (Fsp3) is 0.263. The number of anilines is 1. The fourth-order valence-corrected chi connectivity index (χ4v) is 3.00. The Morgan fingerprint density at radius 2 is 1.67 bits per heavy atom. The van der Waals surface area contributed by atoms with Crippen LogP contribution in [0.25, 0.3) is 0 Å². The van der Waals surface area contributed by atoms with Gasteiger partial charge in [-0.3, -0.25) is 9.59 Å². The van der Waals surface area contributed by atoms with Crippen molar-refractivity contribution >= 4 is 27.3 Å². The van der Waals surface area contributed by atoms with Crippen molar-refractivity contribution in [2.45, 2.75) is 12.5 Å². The maximum Gasteiger partial charge on any atom is 0.251 e. The minimum Gasteiger partial charge on any atom is -0.497 e. The van der Waals surface area contributed by atoms with E-state index in [-0.39, 0.29) is 12.2 Å². The number of sulfone groups is 1. The highest BCUT2D eigenvalue weighted by atomic mass is 32.2. The smallest absolute Gasteiger partial charge is 0.251 e. The summed E-state index contributed by atoms with van der Waals surface area (Å²) in [6, 6.07) is 14.1. The maximum absolute atomic E-state index is 12.6. The number of hydrogen-bond acceptors (Lipinski definition) is 5. The van der Waals surface area contributed by atoms with Crippen LogP contribution in [0.2, 0.25) is 0 Å². The third-order valence-corrected chi connectivity index (χ3v) is 4.77. The summed E-state index contributed by atoms with van der Waals surface area (Å²) in [5.41, 5.74) is 0.901. The predicted octanol–water partition coefficient (Wildman–Crippen LogP) is 1.87. The fourth-order valence-electron chi connectivity index (χ4n) is 2.34. The summed E-state index contributed by atoms with van der Waals surface area (Å²) < 4.78 is 28.0. The Bertz CT molecular complexity index is 880. The van der Waals surface area contributed by atoms with Crippen LogP contribution in [-0.2, 0) is 14.6 Å². The molecule has 2 aromatic rings. The first-order chi connectivity index (χ1) is 12.8. The molecule has 0 bridgehead atoms. The van der Waals surface area contributed by atoms with Crippen LogP contribution in [0.3, 0.4) is 0 Å². The monoisotopic (exact) mass is 390 g/mol. The number of methoxy groups -OCH3 is 1. The van der Waals surface area contributed by atoms with E-state index >= 15 is 0 Å². The Kier molecular flexibility index (Phi) is 6.95. The molecule has 2 amide bonds.